The first-order valence-electron chi connectivity index (χ1n) is 4.18. The van der Waals surface area contributed by atoms with Gasteiger partial charge in [-0.3, -0.25) is 9.38 Å². The van der Waals surface area contributed by atoms with Crippen molar-refractivity contribution < 1.29 is 4.39 Å². The van der Waals surface area contributed by atoms with Gasteiger partial charge >= 0.3 is 0 Å². The molecule has 2 N–H and O–H groups in total. The van der Waals surface area contributed by atoms with Crippen LogP contribution in [0.25, 0.3) is 0 Å². The molecule has 0 aromatic rings. The van der Waals surface area contributed by atoms with Crippen molar-refractivity contribution in [2.75, 3.05) is 13.2 Å². The predicted octanol–water partition coefficient (Wildman–Crippen LogP) is 1.92. The molecule has 0 rings (SSSR count). The standard InChI is InChI=1S/C9H17FN2/c1-3-9(4-10)7-12-6-8(2)5-11/h5-6,9H,3-4,7,11H2,1-2H3/b8-5-,12-6?. The molecule has 0 aliphatic carbocycles. The summed E-state index contributed by atoms with van der Waals surface area (Å²) in [6, 6.07) is 0. The summed E-state index contributed by atoms with van der Waals surface area (Å²) in [5, 5.41) is 0. The van der Waals surface area contributed by atoms with Crippen molar-refractivity contribution in [1.82, 2.24) is 0 Å². The molecule has 12 heavy (non-hydrogen) atoms. The summed E-state index contributed by atoms with van der Waals surface area (Å²) in [6.07, 6.45) is 4.00. The Morgan fingerprint density at radius 3 is 2.75 bits per heavy atom. The van der Waals surface area contributed by atoms with E-state index in [1.807, 2.05) is 13.8 Å². The Bertz CT molecular complexity index is 160. The third kappa shape index (κ3) is 4.88. The number of rotatable bonds is 5. The fourth-order valence-corrected chi connectivity index (χ4v) is 0.676. The van der Waals surface area contributed by atoms with Crippen LogP contribution in [0.2, 0.25) is 0 Å². The van der Waals surface area contributed by atoms with Crippen molar-refractivity contribution in [3.8, 4) is 0 Å². The molecule has 0 aliphatic heterocycles. The van der Waals surface area contributed by atoms with Gasteiger partial charge in [-0.15, -0.1) is 0 Å². The van der Waals surface area contributed by atoms with E-state index in [4.69, 9.17) is 5.73 Å². The number of hydrogen-bond acceptors (Lipinski definition) is 2. The lowest BCUT2D eigenvalue weighted by molar-refractivity contribution is 0.360. The van der Waals surface area contributed by atoms with Crippen LogP contribution in [0.4, 0.5) is 4.39 Å². The largest absolute Gasteiger partial charge is 0.404 e. The molecule has 0 spiro atoms. The molecule has 0 amide bonds. The molecule has 0 bridgehead atoms. The summed E-state index contributed by atoms with van der Waals surface area (Å²) in [5.41, 5.74) is 6.13. The highest BCUT2D eigenvalue weighted by Gasteiger charge is 2.02. The molecule has 0 saturated heterocycles. The number of alkyl halides is 1. The molecule has 0 saturated carbocycles. The van der Waals surface area contributed by atoms with Crippen molar-refractivity contribution in [1.29, 1.82) is 0 Å². The smallest absolute Gasteiger partial charge is 0.0940 e. The highest BCUT2D eigenvalue weighted by Crippen LogP contribution is 2.03. The van der Waals surface area contributed by atoms with E-state index in [9.17, 15) is 4.39 Å². The number of hydrogen-bond donors (Lipinski definition) is 1. The molecule has 0 aliphatic rings. The molecule has 2 nitrogen and oxygen atoms in total. The van der Waals surface area contributed by atoms with E-state index in [0.29, 0.717) is 6.54 Å². The minimum absolute atomic E-state index is 0.0619. The molecule has 3 heteroatoms. The minimum Gasteiger partial charge on any atom is -0.404 e. The van der Waals surface area contributed by atoms with Gasteiger partial charge in [0.1, 0.15) is 0 Å². The van der Waals surface area contributed by atoms with Crippen LogP contribution in [0.3, 0.4) is 0 Å². The first-order chi connectivity index (χ1) is 5.74. The maximum absolute atomic E-state index is 12.2. The van der Waals surface area contributed by atoms with E-state index < -0.39 is 0 Å². The monoisotopic (exact) mass is 172 g/mol. The number of aliphatic imine (C=N–C) groups is 1. The molecular formula is C9H17FN2. The molecule has 0 aromatic heterocycles. The molecule has 1 unspecified atom stereocenters. The van der Waals surface area contributed by atoms with Crippen molar-refractivity contribution >= 4 is 6.21 Å². The minimum atomic E-state index is -0.292. The van der Waals surface area contributed by atoms with Gasteiger partial charge in [-0.25, -0.2) is 0 Å². The first kappa shape index (κ1) is 11.1. The summed E-state index contributed by atoms with van der Waals surface area (Å²) in [6.45, 7) is 4.09. The Morgan fingerprint density at radius 1 is 1.67 bits per heavy atom. The molecule has 0 radical (unpaired) electrons. The number of nitrogens with zero attached hydrogens (tertiary/aromatic N) is 1. The summed E-state index contributed by atoms with van der Waals surface area (Å²) in [4.78, 5) is 4.07. The summed E-state index contributed by atoms with van der Waals surface area (Å²) in [7, 11) is 0. The van der Waals surface area contributed by atoms with E-state index >= 15 is 0 Å². The van der Waals surface area contributed by atoms with Gasteiger partial charge in [-0.1, -0.05) is 6.92 Å². The third-order valence-electron chi connectivity index (χ3n) is 1.72. The zero-order chi connectivity index (χ0) is 9.40. The van der Waals surface area contributed by atoms with Gasteiger partial charge in [-0.2, -0.15) is 0 Å². The number of halogens is 1. The number of nitrogens with two attached hydrogens (primary N) is 1. The van der Waals surface area contributed by atoms with Crippen LogP contribution in [-0.2, 0) is 0 Å². The van der Waals surface area contributed by atoms with E-state index in [1.54, 1.807) is 6.21 Å². The summed E-state index contributed by atoms with van der Waals surface area (Å²) < 4.78 is 12.2. The average Bonchev–Trinajstić information content (AvgIpc) is 2.12. The summed E-state index contributed by atoms with van der Waals surface area (Å²) in [5.74, 6) is 0.0619. The second kappa shape index (κ2) is 6.83. The molecule has 1 atom stereocenters. The van der Waals surface area contributed by atoms with Crippen molar-refractivity contribution in [3.05, 3.63) is 11.8 Å². The van der Waals surface area contributed by atoms with Crippen molar-refractivity contribution in [3.63, 3.8) is 0 Å². The van der Waals surface area contributed by atoms with Gasteiger partial charge in [0.15, 0.2) is 0 Å². The zero-order valence-electron chi connectivity index (χ0n) is 7.76. The van der Waals surface area contributed by atoms with Gasteiger partial charge in [0.25, 0.3) is 0 Å². The highest BCUT2D eigenvalue weighted by atomic mass is 19.1. The van der Waals surface area contributed by atoms with Crippen LogP contribution in [0, 0.1) is 5.92 Å². The van der Waals surface area contributed by atoms with Crippen LogP contribution >= 0.6 is 0 Å². The Labute approximate surface area is 73.4 Å². The lowest BCUT2D eigenvalue weighted by Gasteiger charge is -2.04. The topological polar surface area (TPSA) is 38.4 Å². The third-order valence-corrected chi connectivity index (χ3v) is 1.72. The van der Waals surface area contributed by atoms with E-state index in [1.165, 1.54) is 6.20 Å². The maximum atomic E-state index is 12.2. The van der Waals surface area contributed by atoms with Crippen LogP contribution in [0.1, 0.15) is 20.3 Å². The van der Waals surface area contributed by atoms with Crippen molar-refractivity contribution in [2.24, 2.45) is 16.6 Å². The molecule has 0 heterocycles. The summed E-state index contributed by atoms with van der Waals surface area (Å²) >= 11 is 0. The Morgan fingerprint density at radius 2 is 2.33 bits per heavy atom. The van der Waals surface area contributed by atoms with E-state index in [0.717, 1.165) is 12.0 Å². The normalized spacial score (nSPS) is 15.4. The molecule has 70 valence electrons. The van der Waals surface area contributed by atoms with Crippen LogP contribution in [0.5, 0.6) is 0 Å². The van der Waals surface area contributed by atoms with Crippen LogP contribution in [-0.4, -0.2) is 19.4 Å². The zero-order valence-corrected chi connectivity index (χ0v) is 7.76. The van der Waals surface area contributed by atoms with E-state index in [-0.39, 0.29) is 12.6 Å². The van der Waals surface area contributed by atoms with Gasteiger partial charge in [0.05, 0.1) is 6.67 Å². The van der Waals surface area contributed by atoms with Gasteiger partial charge in [-0.05, 0) is 25.1 Å². The fourth-order valence-electron chi connectivity index (χ4n) is 0.676. The SMILES string of the molecule is CCC(CF)CN=C/C(C)=C\N. The Kier molecular flexibility index (Phi) is 6.34. The molecule has 0 fully saturated rings. The molecular weight excluding hydrogens is 155 g/mol. The van der Waals surface area contributed by atoms with Gasteiger partial charge in [0, 0.05) is 18.7 Å². The maximum Gasteiger partial charge on any atom is 0.0940 e. The quantitative estimate of drug-likeness (QED) is 0.632. The second-order valence-electron chi connectivity index (χ2n) is 2.83. The predicted molar refractivity (Wildman–Crippen MR) is 51.1 cm³/mol. The lowest BCUT2D eigenvalue weighted by atomic mass is 10.1. The van der Waals surface area contributed by atoms with Crippen LogP contribution < -0.4 is 5.73 Å². The Balaban J connectivity index is 3.72. The highest BCUT2D eigenvalue weighted by molar-refractivity contribution is 5.77. The van der Waals surface area contributed by atoms with E-state index in [2.05, 4.69) is 4.99 Å². The lowest BCUT2D eigenvalue weighted by Crippen LogP contribution is -2.05. The fraction of sp³-hybridized carbons (Fsp3) is 0.667. The average molecular weight is 172 g/mol. The number of allylic oxidation sites excluding steroid dienone is 1. The molecule has 0 aromatic carbocycles. The second-order valence-corrected chi connectivity index (χ2v) is 2.83. The Hall–Kier alpha value is -0.860. The first-order valence-corrected chi connectivity index (χ1v) is 4.18. The van der Waals surface area contributed by atoms with Crippen molar-refractivity contribution in [2.45, 2.75) is 20.3 Å². The van der Waals surface area contributed by atoms with Crippen LogP contribution in [0.15, 0.2) is 16.8 Å². The van der Waals surface area contributed by atoms with Gasteiger partial charge in [0.2, 0.25) is 0 Å². The van der Waals surface area contributed by atoms with Gasteiger partial charge < -0.3 is 5.73 Å².